The van der Waals surface area contributed by atoms with Crippen molar-refractivity contribution in [3.63, 3.8) is 0 Å². The van der Waals surface area contributed by atoms with E-state index in [1.54, 1.807) is 0 Å². The predicted octanol–water partition coefficient (Wildman–Crippen LogP) is 3.67. The Morgan fingerprint density at radius 1 is 1.08 bits per heavy atom. The summed E-state index contributed by atoms with van der Waals surface area (Å²) in [5.74, 6) is -0.270. The summed E-state index contributed by atoms with van der Waals surface area (Å²) in [5, 5.41) is 21.0. The van der Waals surface area contributed by atoms with Gasteiger partial charge in [-0.25, -0.2) is 0 Å². The molecule has 142 valence electrons. The van der Waals surface area contributed by atoms with Crippen molar-refractivity contribution in [1.29, 1.82) is 0 Å². The summed E-state index contributed by atoms with van der Waals surface area (Å²) in [4.78, 5) is 10.4. The van der Waals surface area contributed by atoms with E-state index in [0.29, 0.717) is 11.8 Å². The minimum absolute atomic E-state index is 0.0362. The molecule has 0 bridgehead atoms. The molecule has 0 amide bonds. The summed E-state index contributed by atoms with van der Waals surface area (Å²) in [7, 11) is -1.09. The molecule has 1 aromatic carbocycles. The monoisotopic (exact) mass is 415 g/mol. The van der Waals surface area contributed by atoms with Crippen LogP contribution in [-0.4, -0.2) is 49.9 Å². The SMILES string of the molecule is COP(=O)(OC)C(Sc1cc([N+](=O)[O-])ccc1O)=P(OC)(OC)OC. The van der Waals surface area contributed by atoms with Gasteiger partial charge in [-0.05, 0) is 6.07 Å². The van der Waals surface area contributed by atoms with Crippen LogP contribution >= 0.6 is 26.9 Å². The van der Waals surface area contributed by atoms with Gasteiger partial charge in [0.05, 0.1) is 9.82 Å². The predicted molar refractivity (Wildman–Crippen MR) is 95.2 cm³/mol. The zero-order valence-corrected chi connectivity index (χ0v) is 16.8. The van der Waals surface area contributed by atoms with Crippen LogP contribution in [0.15, 0.2) is 23.1 Å². The molecular weight excluding hydrogens is 396 g/mol. The fraction of sp³-hybridized carbons (Fsp3) is 0.417. The minimum Gasteiger partial charge on any atom is -0.507 e. The molecule has 0 aliphatic rings. The van der Waals surface area contributed by atoms with Crippen molar-refractivity contribution in [2.24, 2.45) is 0 Å². The van der Waals surface area contributed by atoms with Gasteiger partial charge in [-0.1, -0.05) is 11.8 Å². The number of rotatable bonds is 9. The van der Waals surface area contributed by atoms with Crippen LogP contribution in [0.25, 0.3) is 0 Å². The van der Waals surface area contributed by atoms with Gasteiger partial charge in [0.1, 0.15) is 5.75 Å². The number of nitro benzene ring substituents is 1. The molecule has 0 aliphatic carbocycles. The van der Waals surface area contributed by atoms with Gasteiger partial charge in [0.25, 0.3) is 13.3 Å². The van der Waals surface area contributed by atoms with Crippen LogP contribution in [-0.2, 0) is 27.2 Å². The maximum absolute atomic E-state index is 13.0. The van der Waals surface area contributed by atoms with Crippen LogP contribution in [0.1, 0.15) is 0 Å². The second-order valence-electron chi connectivity index (χ2n) is 4.20. The highest BCUT2D eigenvalue weighted by molar-refractivity contribution is 8.32. The lowest BCUT2D eigenvalue weighted by Gasteiger charge is -2.27. The van der Waals surface area contributed by atoms with Crippen LogP contribution in [0.5, 0.6) is 5.75 Å². The molecule has 0 atom stereocenters. The Hall–Kier alpha value is -0.900. The van der Waals surface area contributed by atoms with Crippen molar-refractivity contribution >= 4 is 37.0 Å². The standard InChI is InChI=1S/C12H19NO9P2S/c1-18-23(17,19-2)12(24(20-3,21-4)22-5)25-11-8-9(13(15)16)6-7-10(11)14/h6-8,14H,1-5H3. The van der Waals surface area contributed by atoms with E-state index in [2.05, 4.69) is 0 Å². The highest BCUT2D eigenvalue weighted by atomic mass is 32.2. The number of non-ortho nitro benzene ring substituents is 1. The maximum atomic E-state index is 13.0. The van der Waals surface area contributed by atoms with E-state index in [1.807, 2.05) is 0 Å². The zero-order valence-electron chi connectivity index (χ0n) is 14.2. The van der Waals surface area contributed by atoms with Gasteiger partial charge in [-0.15, -0.1) is 0 Å². The molecule has 1 N–H and O–H groups in total. The van der Waals surface area contributed by atoms with Crippen LogP contribution < -0.4 is 0 Å². The number of nitrogens with zero attached hydrogens (tertiary/aromatic N) is 1. The Balaban J connectivity index is 3.68. The lowest BCUT2D eigenvalue weighted by Crippen LogP contribution is -2.08. The summed E-state index contributed by atoms with van der Waals surface area (Å²) in [6, 6.07) is 3.40. The second kappa shape index (κ2) is 9.16. The number of hydrogen-bond acceptors (Lipinski definition) is 10. The molecule has 0 unspecified atom stereocenters. The number of aromatic hydroxyl groups is 1. The van der Waals surface area contributed by atoms with E-state index >= 15 is 0 Å². The first-order chi connectivity index (χ1) is 11.7. The van der Waals surface area contributed by atoms with Gasteiger partial charge in [0.15, 0.2) is 4.37 Å². The molecule has 0 heterocycles. The van der Waals surface area contributed by atoms with E-state index < -0.39 is 20.1 Å². The molecule has 13 heteroatoms. The summed E-state index contributed by atoms with van der Waals surface area (Å²) in [6.45, 7) is 0. The van der Waals surface area contributed by atoms with Crippen molar-refractivity contribution in [2.45, 2.75) is 4.90 Å². The molecule has 0 fully saturated rings. The summed E-state index contributed by atoms with van der Waals surface area (Å²) >= 11 is 0.707. The van der Waals surface area contributed by atoms with Gasteiger partial charge in [-0.2, -0.15) is 0 Å². The van der Waals surface area contributed by atoms with E-state index in [4.69, 9.17) is 22.6 Å². The smallest absolute Gasteiger partial charge is 0.374 e. The summed E-state index contributed by atoms with van der Waals surface area (Å²) < 4.78 is 38.8. The highest BCUT2D eigenvalue weighted by Gasteiger charge is 2.41. The zero-order chi connectivity index (χ0) is 19.3. The minimum atomic E-state index is -3.91. The number of phenols is 1. The summed E-state index contributed by atoms with van der Waals surface area (Å²) in [6.07, 6.45) is 0. The molecule has 1 rings (SSSR count). The van der Waals surface area contributed by atoms with E-state index in [1.165, 1.54) is 21.3 Å². The lowest BCUT2D eigenvalue weighted by molar-refractivity contribution is -0.385. The Morgan fingerprint density at radius 3 is 2.00 bits per heavy atom. The Kier molecular flexibility index (Phi) is 8.11. The third-order valence-electron chi connectivity index (χ3n) is 3.03. The highest BCUT2D eigenvalue weighted by Crippen LogP contribution is 2.67. The third kappa shape index (κ3) is 4.64. The first-order valence-corrected chi connectivity index (χ1v) is 10.4. The van der Waals surface area contributed by atoms with Gasteiger partial charge in [0, 0.05) is 47.7 Å². The van der Waals surface area contributed by atoms with Gasteiger partial charge in [0.2, 0.25) is 0 Å². The molecule has 0 saturated heterocycles. The molecule has 0 aromatic heterocycles. The fourth-order valence-electron chi connectivity index (χ4n) is 1.75. The van der Waals surface area contributed by atoms with Crippen LogP contribution in [0.2, 0.25) is 0 Å². The number of thioether (sulfide) groups is 1. The van der Waals surface area contributed by atoms with Crippen LogP contribution in [0, 0.1) is 10.1 Å². The van der Waals surface area contributed by atoms with Crippen molar-refractivity contribution in [3.8, 4) is 5.75 Å². The Labute approximate surface area is 149 Å². The number of phenolic OH excluding ortho intramolecular Hbond substituents is 1. The van der Waals surface area contributed by atoms with E-state index in [9.17, 15) is 19.8 Å². The van der Waals surface area contributed by atoms with Gasteiger partial charge >= 0.3 is 7.60 Å². The lowest BCUT2D eigenvalue weighted by atomic mass is 10.3. The molecule has 0 aliphatic heterocycles. The van der Waals surface area contributed by atoms with Gasteiger partial charge < -0.3 is 27.7 Å². The Morgan fingerprint density at radius 2 is 1.60 bits per heavy atom. The number of nitro groups is 1. The number of benzene rings is 1. The van der Waals surface area contributed by atoms with Crippen molar-refractivity contribution in [3.05, 3.63) is 28.3 Å². The average Bonchev–Trinajstić information content (AvgIpc) is 2.63. The number of hydrogen-bond donors (Lipinski definition) is 1. The fourth-order valence-corrected chi connectivity index (χ4v) is 8.70. The maximum Gasteiger partial charge on any atom is 0.374 e. The molecule has 0 saturated carbocycles. The quantitative estimate of drug-likeness (QED) is 0.276. The molecule has 10 nitrogen and oxygen atoms in total. The normalized spacial score (nSPS) is 12.2. The van der Waals surface area contributed by atoms with Crippen molar-refractivity contribution in [1.82, 2.24) is 0 Å². The van der Waals surface area contributed by atoms with Gasteiger partial charge in [-0.3, -0.25) is 14.7 Å². The van der Waals surface area contributed by atoms with Crippen LogP contribution in [0.3, 0.4) is 0 Å². The first kappa shape index (κ1) is 22.1. The van der Waals surface area contributed by atoms with Crippen LogP contribution in [0.4, 0.5) is 5.69 Å². The molecule has 0 radical (unpaired) electrons. The molecular formula is C12H19NO9P2S. The second-order valence-corrected chi connectivity index (χ2v) is 10.9. The Bertz CT molecular complexity index is 712. The van der Waals surface area contributed by atoms with E-state index in [0.717, 1.165) is 32.4 Å². The molecule has 25 heavy (non-hydrogen) atoms. The molecule has 1 aromatic rings. The first-order valence-electron chi connectivity index (χ1n) is 6.54. The largest absolute Gasteiger partial charge is 0.507 e. The van der Waals surface area contributed by atoms with Crippen molar-refractivity contribution in [2.75, 3.05) is 35.5 Å². The average molecular weight is 415 g/mol. The topological polar surface area (TPSA) is 127 Å². The van der Waals surface area contributed by atoms with Crippen molar-refractivity contribution < 1.29 is 37.2 Å². The third-order valence-corrected chi connectivity index (χ3v) is 10.5. The summed E-state index contributed by atoms with van der Waals surface area (Å²) in [5.41, 5.74) is -0.263. The van der Waals surface area contributed by atoms with E-state index in [-0.39, 0.29) is 20.7 Å². The molecule has 0 spiro atoms.